The second kappa shape index (κ2) is 14.4. The Kier molecular flexibility index (Phi) is 8.33. The monoisotopic (exact) mass is 755 g/mol. The molecule has 59 heavy (non-hydrogen) atoms. The van der Waals surface area contributed by atoms with Gasteiger partial charge in [-0.05, 0) is 29.7 Å². The maximum atomic E-state index is 5.27. The van der Waals surface area contributed by atoms with Crippen molar-refractivity contribution in [2.24, 2.45) is 0 Å². The van der Waals surface area contributed by atoms with E-state index in [1.807, 2.05) is 121 Å². The van der Waals surface area contributed by atoms with Crippen LogP contribution in [0.1, 0.15) is 0 Å². The van der Waals surface area contributed by atoms with Crippen LogP contribution in [0.5, 0.6) is 0 Å². The SMILES string of the molecule is c1ccc(-c2nc(-c3ccccc3)nc(-c3ccc(-n4c5ccccc5c5ccc6ccccc6c54)c(-c4nc(-c5ccccc5)nc(-c5ccccc5)n4)c3)n2)cc1. The van der Waals surface area contributed by atoms with E-state index in [4.69, 9.17) is 29.9 Å². The maximum absolute atomic E-state index is 5.27. The van der Waals surface area contributed by atoms with E-state index in [9.17, 15) is 0 Å². The summed E-state index contributed by atoms with van der Waals surface area (Å²) < 4.78 is 2.36. The Hall–Kier alpha value is -8.16. The molecule has 0 atom stereocenters. The van der Waals surface area contributed by atoms with Gasteiger partial charge in [0.2, 0.25) is 0 Å². The maximum Gasteiger partial charge on any atom is 0.166 e. The highest BCUT2D eigenvalue weighted by atomic mass is 15.1. The van der Waals surface area contributed by atoms with Gasteiger partial charge in [0.1, 0.15) is 0 Å². The molecule has 0 radical (unpaired) electrons. The molecule has 0 amide bonds. The van der Waals surface area contributed by atoms with Crippen LogP contribution in [0, 0.1) is 0 Å². The summed E-state index contributed by atoms with van der Waals surface area (Å²) in [5.41, 5.74) is 8.30. The van der Waals surface area contributed by atoms with Gasteiger partial charge in [0, 0.05) is 49.5 Å². The lowest BCUT2D eigenvalue weighted by Gasteiger charge is -2.17. The van der Waals surface area contributed by atoms with E-state index in [0.29, 0.717) is 34.9 Å². The van der Waals surface area contributed by atoms with Crippen LogP contribution < -0.4 is 0 Å². The number of hydrogen-bond acceptors (Lipinski definition) is 6. The van der Waals surface area contributed by atoms with Crippen molar-refractivity contribution < 1.29 is 0 Å². The highest BCUT2D eigenvalue weighted by molar-refractivity contribution is 6.18. The number of aromatic nitrogens is 7. The zero-order valence-electron chi connectivity index (χ0n) is 31.7. The van der Waals surface area contributed by atoms with E-state index in [1.54, 1.807) is 0 Å². The van der Waals surface area contributed by atoms with Gasteiger partial charge in [-0.1, -0.05) is 176 Å². The van der Waals surface area contributed by atoms with Gasteiger partial charge < -0.3 is 4.57 Å². The van der Waals surface area contributed by atoms with Gasteiger partial charge in [-0.25, -0.2) is 29.9 Å². The minimum atomic E-state index is 0.529. The van der Waals surface area contributed by atoms with E-state index in [0.717, 1.165) is 71.6 Å². The van der Waals surface area contributed by atoms with Gasteiger partial charge >= 0.3 is 0 Å². The third kappa shape index (κ3) is 6.18. The second-order valence-electron chi connectivity index (χ2n) is 14.3. The third-order valence-corrected chi connectivity index (χ3v) is 10.7. The molecule has 0 spiro atoms. The highest BCUT2D eigenvalue weighted by Crippen LogP contribution is 2.40. The molecular formula is C52H33N7. The number of rotatable bonds is 7. The molecule has 3 heterocycles. The average molecular weight is 756 g/mol. The molecule has 0 saturated carbocycles. The fourth-order valence-electron chi connectivity index (χ4n) is 7.90. The average Bonchev–Trinajstić information content (AvgIpc) is 3.67. The van der Waals surface area contributed by atoms with Crippen molar-refractivity contribution in [1.82, 2.24) is 34.5 Å². The Morgan fingerprint density at radius 1 is 0.288 bits per heavy atom. The third-order valence-electron chi connectivity index (χ3n) is 10.7. The van der Waals surface area contributed by atoms with Crippen LogP contribution >= 0.6 is 0 Å². The summed E-state index contributed by atoms with van der Waals surface area (Å²) in [4.78, 5) is 30.8. The molecule has 0 bridgehead atoms. The zero-order chi connectivity index (χ0) is 39.1. The van der Waals surface area contributed by atoms with Crippen LogP contribution in [0.25, 0.3) is 107 Å². The number of fused-ring (bicyclic) bond motifs is 5. The minimum Gasteiger partial charge on any atom is -0.308 e. The van der Waals surface area contributed by atoms with Crippen molar-refractivity contribution in [3.63, 3.8) is 0 Å². The molecule has 0 saturated heterocycles. The smallest absolute Gasteiger partial charge is 0.166 e. The normalized spacial score (nSPS) is 11.4. The van der Waals surface area contributed by atoms with Gasteiger partial charge in [0.05, 0.1) is 16.7 Å². The Balaban J connectivity index is 1.23. The number of benzene rings is 8. The summed E-state index contributed by atoms with van der Waals surface area (Å²) in [5, 5.41) is 4.63. The Morgan fingerprint density at radius 3 is 1.24 bits per heavy atom. The first-order valence-corrected chi connectivity index (χ1v) is 19.6. The molecule has 0 fully saturated rings. The molecule has 0 unspecified atom stereocenters. The fourth-order valence-corrected chi connectivity index (χ4v) is 7.90. The number of nitrogens with zero attached hydrogens (tertiary/aromatic N) is 7. The van der Waals surface area contributed by atoms with E-state index >= 15 is 0 Å². The molecule has 0 aliphatic rings. The summed E-state index contributed by atoms with van der Waals surface area (Å²) in [6.07, 6.45) is 0. The Morgan fingerprint density at radius 2 is 0.712 bits per heavy atom. The van der Waals surface area contributed by atoms with Crippen molar-refractivity contribution in [2.45, 2.75) is 0 Å². The number of para-hydroxylation sites is 1. The molecule has 7 heteroatoms. The standard InChI is InChI=1S/C52H33N7/c1-5-18-35(19-6-1)47-53-48(36-20-7-2-8-21-36)56-51(55-47)39-30-32-45(59-44-28-16-15-27-41(44)42-31-29-34-17-13-14-26-40(34)46(42)59)43(33-39)52-57-49(37-22-9-3-10-23-37)54-50(58-52)38-24-11-4-12-25-38/h1-33H. The van der Waals surface area contributed by atoms with Crippen LogP contribution in [0.2, 0.25) is 0 Å². The molecule has 7 nitrogen and oxygen atoms in total. The molecule has 11 aromatic rings. The van der Waals surface area contributed by atoms with Crippen molar-refractivity contribution in [2.75, 3.05) is 0 Å². The minimum absolute atomic E-state index is 0.529. The van der Waals surface area contributed by atoms with Gasteiger partial charge in [-0.15, -0.1) is 0 Å². The predicted octanol–water partition coefficient (Wildman–Crippen LogP) is 12.3. The quantitative estimate of drug-likeness (QED) is 0.161. The topological polar surface area (TPSA) is 82.3 Å². The number of hydrogen-bond donors (Lipinski definition) is 0. The summed E-state index contributed by atoms with van der Waals surface area (Å²) >= 11 is 0. The zero-order valence-corrected chi connectivity index (χ0v) is 31.7. The molecule has 276 valence electrons. The molecular weight excluding hydrogens is 723 g/mol. The molecule has 0 aliphatic carbocycles. The lowest BCUT2D eigenvalue weighted by atomic mass is 10.0. The first-order chi connectivity index (χ1) is 29.2. The summed E-state index contributed by atoms with van der Waals surface area (Å²) in [6.45, 7) is 0. The van der Waals surface area contributed by atoms with Crippen molar-refractivity contribution in [3.8, 4) is 74.0 Å². The van der Waals surface area contributed by atoms with Crippen molar-refractivity contribution in [3.05, 3.63) is 200 Å². The molecule has 3 aromatic heterocycles. The van der Waals surface area contributed by atoms with Gasteiger partial charge in [-0.2, -0.15) is 0 Å². The molecule has 11 rings (SSSR count). The molecule has 0 N–H and O–H groups in total. The van der Waals surface area contributed by atoms with Crippen molar-refractivity contribution in [1.29, 1.82) is 0 Å². The molecule has 8 aromatic carbocycles. The van der Waals surface area contributed by atoms with Crippen LogP contribution in [-0.2, 0) is 0 Å². The Bertz CT molecular complexity index is 3200. The van der Waals surface area contributed by atoms with E-state index in [1.165, 1.54) is 0 Å². The van der Waals surface area contributed by atoms with Gasteiger partial charge in [0.15, 0.2) is 34.9 Å². The van der Waals surface area contributed by atoms with Gasteiger partial charge in [0.25, 0.3) is 0 Å². The van der Waals surface area contributed by atoms with Crippen LogP contribution in [0.3, 0.4) is 0 Å². The van der Waals surface area contributed by atoms with E-state index in [-0.39, 0.29) is 0 Å². The predicted molar refractivity (Wildman–Crippen MR) is 238 cm³/mol. The summed E-state index contributed by atoms with van der Waals surface area (Å²) in [6, 6.07) is 68.2. The summed E-state index contributed by atoms with van der Waals surface area (Å²) in [7, 11) is 0. The van der Waals surface area contributed by atoms with Crippen LogP contribution in [0.15, 0.2) is 200 Å². The fraction of sp³-hybridized carbons (Fsp3) is 0. The lowest BCUT2D eigenvalue weighted by molar-refractivity contribution is 1.06. The van der Waals surface area contributed by atoms with Crippen LogP contribution in [-0.4, -0.2) is 34.5 Å². The van der Waals surface area contributed by atoms with E-state index < -0.39 is 0 Å². The second-order valence-corrected chi connectivity index (χ2v) is 14.3. The largest absolute Gasteiger partial charge is 0.308 e. The van der Waals surface area contributed by atoms with E-state index in [2.05, 4.69) is 83.4 Å². The van der Waals surface area contributed by atoms with Gasteiger partial charge in [-0.3, -0.25) is 0 Å². The first kappa shape index (κ1) is 34.1. The Labute approximate surface area is 340 Å². The first-order valence-electron chi connectivity index (χ1n) is 19.6. The molecule has 0 aliphatic heterocycles. The lowest BCUT2D eigenvalue weighted by Crippen LogP contribution is -2.05. The van der Waals surface area contributed by atoms with Crippen molar-refractivity contribution >= 4 is 32.6 Å². The highest BCUT2D eigenvalue weighted by Gasteiger charge is 2.22. The van der Waals surface area contributed by atoms with Crippen LogP contribution in [0.4, 0.5) is 0 Å². The summed E-state index contributed by atoms with van der Waals surface area (Å²) in [5.74, 6) is 3.41.